The molecular formula is C18H29F3O2. The Balaban J connectivity index is 0. The van der Waals surface area contributed by atoms with E-state index >= 15 is 0 Å². The Bertz CT molecular complexity index is 411. The first-order valence-corrected chi connectivity index (χ1v) is 8.11. The fourth-order valence-electron chi connectivity index (χ4n) is 1.56. The van der Waals surface area contributed by atoms with Crippen LogP contribution in [0.2, 0.25) is 0 Å². The van der Waals surface area contributed by atoms with Crippen LogP contribution in [0.4, 0.5) is 13.2 Å². The SMILES string of the molecule is CC.CCCC[C@@H](C)C(=O)O.CCc1ccc(C(F)(F)F)cc1. The van der Waals surface area contributed by atoms with Crippen molar-refractivity contribution in [3.8, 4) is 0 Å². The lowest BCUT2D eigenvalue weighted by Crippen LogP contribution is -2.08. The minimum absolute atomic E-state index is 0.162. The highest BCUT2D eigenvalue weighted by Crippen LogP contribution is 2.29. The van der Waals surface area contributed by atoms with Gasteiger partial charge in [0.25, 0.3) is 0 Å². The standard InChI is InChI=1S/C9H9F3.C7H14O2.C2H6/c1-2-7-3-5-8(6-4-7)9(10,11)12;1-3-4-5-6(2)7(8)9;1-2/h3-6H,2H2,1H3;6H,3-5H2,1-2H3,(H,8,9);1-2H3/t;6-;/m.1./s1. The lowest BCUT2D eigenvalue weighted by atomic mass is 10.1. The largest absolute Gasteiger partial charge is 0.481 e. The van der Waals surface area contributed by atoms with Crippen molar-refractivity contribution in [2.24, 2.45) is 5.92 Å². The van der Waals surface area contributed by atoms with Crippen LogP contribution in [-0.2, 0) is 17.4 Å². The van der Waals surface area contributed by atoms with Crippen LogP contribution in [0.15, 0.2) is 24.3 Å². The van der Waals surface area contributed by atoms with E-state index in [4.69, 9.17) is 5.11 Å². The van der Waals surface area contributed by atoms with Crippen LogP contribution in [0.5, 0.6) is 0 Å². The molecule has 0 aromatic heterocycles. The number of unbranched alkanes of at least 4 members (excludes halogenated alkanes) is 1. The quantitative estimate of drug-likeness (QED) is 0.697. The number of hydrogen-bond acceptors (Lipinski definition) is 1. The molecule has 0 spiro atoms. The Kier molecular flexibility index (Phi) is 13.4. The van der Waals surface area contributed by atoms with Crippen LogP contribution in [0, 0.1) is 5.92 Å². The summed E-state index contributed by atoms with van der Waals surface area (Å²) in [6.45, 7) is 9.72. The van der Waals surface area contributed by atoms with Crippen LogP contribution >= 0.6 is 0 Å². The average Bonchev–Trinajstić information content (AvgIpc) is 2.54. The van der Waals surface area contributed by atoms with E-state index in [1.807, 2.05) is 20.8 Å². The number of carbonyl (C=O) groups is 1. The van der Waals surface area contributed by atoms with Crippen molar-refractivity contribution < 1.29 is 23.1 Å². The molecule has 1 aromatic carbocycles. The molecule has 0 bridgehead atoms. The normalized spacial score (nSPS) is 11.5. The van der Waals surface area contributed by atoms with Crippen LogP contribution in [0.25, 0.3) is 0 Å². The summed E-state index contributed by atoms with van der Waals surface area (Å²) in [5, 5.41) is 8.41. The van der Waals surface area contributed by atoms with Crippen LogP contribution < -0.4 is 0 Å². The zero-order valence-corrected chi connectivity index (χ0v) is 14.7. The van der Waals surface area contributed by atoms with Gasteiger partial charge in [0.2, 0.25) is 0 Å². The number of rotatable bonds is 5. The van der Waals surface area contributed by atoms with Gasteiger partial charge in [0.1, 0.15) is 0 Å². The molecule has 0 heterocycles. The van der Waals surface area contributed by atoms with Gasteiger partial charge in [0.05, 0.1) is 11.5 Å². The van der Waals surface area contributed by atoms with Gasteiger partial charge < -0.3 is 5.11 Å². The highest BCUT2D eigenvalue weighted by Gasteiger charge is 2.29. The summed E-state index contributed by atoms with van der Waals surface area (Å²) in [7, 11) is 0. The number of alkyl halides is 3. The average molecular weight is 334 g/mol. The Labute approximate surface area is 137 Å². The van der Waals surface area contributed by atoms with E-state index in [1.54, 1.807) is 6.92 Å². The first kappa shape index (κ1) is 23.7. The second kappa shape index (κ2) is 13.0. The third kappa shape index (κ3) is 11.7. The fourth-order valence-corrected chi connectivity index (χ4v) is 1.56. The number of hydrogen-bond donors (Lipinski definition) is 1. The molecule has 5 heteroatoms. The molecule has 0 radical (unpaired) electrons. The fraction of sp³-hybridized carbons (Fsp3) is 0.611. The molecule has 0 aliphatic carbocycles. The maximum absolute atomic E-state index is 12.0. The maximum atomic E-state index is 12.0. The van der Waals surface area contributed by atoms with Crippen molar-refractivity contribution >= 4 is 5.97 Å². The zero-order chi connectivity index (χ0) is 18.5. The van der Waals surface area contributed by atoms with Crippen molar-refractivity contribution in [1.82, 2.24) is 0 Å². The molecule has 0 saturated heterocycles. The van der Waals surface area contributed by atoms with Gasteiger partial charge in [-0.05, 0) is 30.5 Å². The van der Waals surface area contributed by atoms with E-state index in [-0.39, 0.29) is 5.92 Å². The summed E-state index contributed by atoms with van der Waals surface area (Å²) in [6, 6.07) is 5.23. The van der Waals surface area contributed by atoms with Crippen molar-refractivity contribution in [1.29, 1.82) is 0 Å². The molecule has 1 aromatic rings. The summed E-state index contributed by atoms with van der Waals surface area (Å²) in [5.74, 6) is -0.839. The number of benzene rings is 1. The van der Waals surface area contributed by atoms with Gasteiger partial charge in [-0.1, -0.05) is 59.6 Å². The molecule has 0 unspecified atom stereocenters. The van der Waals surface area contributed by atoms with E-state index in [2.05, 4.69) is 6.92 Å². The molecule has 0 saturated carbocycles. The highest BCUT2D eigenvalue weighted by atomic mass is 19.4. The summed E-state index contributed by atoms with van der Waals surface area (Å²) < 4.78 is 36.1. The van der Waals surface area contributed by atoms with Gasteiger partial charge in [0.15, 0.2) is 0 Å². The van der Waals surface area contributed by atoms with Gasteiger partial charge in [-0.25, -0.2) is 0 Å². The van der Waals surface area contributed by atoms with Crippen molar-refractivity contribution in [3.05, 3.63) is 35.4 Å². The van der Waals surface area contributed by atoms with E-state index in [1.165, 1.54) is 12.1 Å². The highest BCUT2D eigenvalue weighted by molar-refractivity contribution is 5.69. The molecule has 23 heavy (non-hydrogen) atoms. The van der Waals surface area contributed by atoms with E-state index in [9.17, 15) is 18.0 Å². The van der Waals surface area contributed by atoms with Gasteiger partial charge >= 0.3 is 12.1 Å². The first-order chi connectivity index (χ1) is 10.7. The molecule has 134 valence electrons. The first-order valence-electron chi connectivity index (χ1n) is 8.11. The lowest BCUT2D eigenvalue weighted by molar-refractivity contribution is -0.141. The number of halogens is 3. The van der Waals surface area contributed by atoms with Gasteiger partial charge in [0, 0.05) is 0 Å². The van der Waals surface area contributed by atoms with E-state index in [0.29, 0.717) is 0 Å². The third-order valence-corrected chi connectivity index (χ3v) is 3.10. The van der Waals surface area contributed by atoms with Crippen LogP contribution in [0.1, 0.15) is 65.0 Å². The van der Waals surface area contributed by atoms with Crippen molar-refractivity contribution in [3.63, 3.8) is 0 Å². The monoisotopic (exact) mass is 334 g/mol. The number of aliphatic carboxylic acids is 1. The second-order valence-electron chi connectivity index (χ2n) is 4.93. The van der Waals surface area contributed by atoms with Gasteiger partial charge in [-0.15, -0.1) is 0 Å². The molecule has 1 N–H and O–H groups in total. The summed E-state index contributed by atoms with van der Waals surface area (Å²) >= 11 is 0. The zero-order valence-electron chi connectivity index (χ0n) is 14.7. The number of aryl methyl sites for hydroxylation is 1. The Morgan fingerprint density at radius 3 is 1.91 bits per heavy atom. The van der Waals surface area contributed by atoms with Gasteiger partial charge in [-0.2, -0.15) is 13.2 Å². The Morgan fingerprint density at radius 1 is 1.13 bits per heavy atom. The van der Waals surface area contributed by atoms with Crippen LogP contribution in [-0.4, -0.2) is 11.1 Å². The molecule has 1 atom stereocenters. The minimum Gasteiger partial charge on any atom is -0.481 e. The Morgan fingerprint density at radius 2 is 1.61 bits per heavy atom. The topological polar surface area (TPSA) is 37.3 Å². The van der Waals surface area contributed by atoms with Crippen molar-refractivity contribution in [2.45, 2.75) is 66.5 Å². The van der Waals surface area contributed by atoms with E-state index < -0.39 is 17.7 Å². The lowest BCUT2D eigenvalue weighted by Gasteiger charge is -2.06. The minimum atomic E-state index is -4.22. The number of carboxylic acid groups (broad SMARTS) is 1. The predicted molar refractivity (Wildman–Crippen MR) is 88.5 cm³/mol. The summed E-state index contributed by atoms with van der Waals surface area (Å²) in [4.78, 5) is 10.2. The second-order valence-corrected chi connectivity index (χ2v) is 4.93. The molecule has 0 aliphatic rings. The Hall–Kier alpha value is -1.52. The summed E-state index contributed by atoms with van der Waals surface area (Å²) in [5.41, 5.74) is 0.336. The smallest absolute Gasteiger partial charge is 0.416 e. The predicted octanol–water partition coefficient (Wildman–Crippen LogP) is 6.19. The van der Waals surface area contributed by atoms with Crippen LogP contribution in [0.3, 0.4) is 0 Å². The molecule has 0 amide bonds. The number of carboxylic acids is 1. The summed E-state index contributed by atoms with van der Waals surface area (Å²) in [6.07, 6.45) is -0.540. The molecule has 0 aliphatic heterocycles. The van der Waals surface area contributed by atoms with E-state index in [0.717, 1.165) is 43.4 Å². The molecular weight excluding hydrogens is 305 g/mol. The molecule has 0 fully saturated rings. The van der Waals surface area contributed by atoms with Crippen molar-refractivity contribution in [2.75, 3.05) is 0 Å². The van der Waals surface area contributed by atoms with Gasteiger partial charge in [-0.3, -0.25) is 4.79 Å². The molecule has 1 rings (SSSR count). The maximum Gasteiger partial charge on any atom is 0.416 e. The molecule has 2 nitrogen and oxygen atoms in total. The third-order valence-electron chi connectivity index (χ3n) is 3.10.